The summed E-state index contributed by atoms with van der Waals surface area (Å²) in [5.74, 6) is 0.980. The topological polar surface area (TPSA) is 128 Å². The van der Waals surface area contributed by atoms with Crippen molar-refractivity contribution in [1.82, 2.24) is 29.4 Å². The molecule has 14 rings (SSSR count). The van der Waals surface area contributed by atoms with Gasteiger partial charge in [0.2, 0.25) is 11.6 Å². The second-order valence-electron chi connectivity index (χ2n) is 25.0. The van der Waals surface area contributed by atoms with Crippen LogP contribution in [0.4, 0.5) is 0 Å². The zero-order valence-electron chi connectivity index (χ0n) is 53.3. The molecule has 0 aliphatic rings. The van der Waals surface area contributed by atoms with E-state index in [1.165, 1.54) is 22.3 Å². The second kappa shape index (κ2) is 27.6. The van der Waals surface area contributed by atoms with Crippen LogP contribution in [0.15, 0.2) is 203 Å². The van der Waals surface area contributed by atoms with Gasteiger partial charge in [0, 0.05) is 21.5 Å². The standard InChI is InChI=1S/2C32H27Cl2N3O2.2C7H7.Zr/c2*1-17-9-11-25-20(13-17)21-14-18(2)10-12-26(21)37(25)27-16-19(32(3,4)5)15-22(29(27)38)30-35-31(39-36-30)28-23(33)7-6-8-24(28)34;2*1-7-5-3-2-4-6-7;/h2*6-16,38H,1-5H3;2*2-6H,1H2;/q;;2*-1;+2. The molecule has 15 heteroatoms. The van der Waals surface area contributed by atoms with E-state index in [1.54, 1.807) is 36.4 Å². The first-order chi connectivity index (χ1) is 43.8. The van der Waals surface area contributed by atoms with Gasteiger partial charge in [-0.15, -0.1) is 24.3 Å². The fourth-order valence-electron chi connectivity index (χ4n) is 11.0. The molecule has 10 nitrogen and oxygen atoms in total. The number of nitrogens with zero attached hydrogens (tertiary/aromatic N) is 6. The molecule has 0 aliphatic heterocycles. The van der Waals surface area contributed by atoms with E-state index in [0.29, 0.717) is 53.7 Å². The van der Waals surface area contributed by atoms with Gasteiger partial charge in [-0.05, 0) is 147 Å². The Labute approximate surface area is 581 Å². The Balaban J connectivity index is 0.000000166. The summed E-state index contributed by atoms with van der Waals surface area (Å²) < 4.78 is 15.4. The van der Waals surface area contributed by atoms with Crippen molar-refractivity contribution >= 4 is 90.0 Å². The summed E-state index contributed by atoms with van der Waals surface area (Å²) in [6.07, 6.45) is 0. The maximum absolute atomic E-state index is 11.8. The number of phenolic OH excluding ortho intramolecular Hbond substituents is 2. The van der Waals surface area contributed by atoms with Gasteiger partial charge in [0.1, 0.15) is 0 Å². The number of hydrogen-bond acceptors (Lipinski definition) is 8. The molecule has 0 aliphatic carbocycles. The maximum atomic E-state index is 11.8. The summed E-state index contributed by atoms with van der Waals surface area (Å²) in [7, 11) is 0. The molecule has 0 spiro atoms. The largest absolute Gasteiger partial charge is 2.00 e. The third kappa shape index (κ3) is 14.2. The van der Waals surface area contributed by atoms with Gasteiger partial charge in [0.05, 0.1) is 75.8 Å². The van der Waals surface area contributed by atoms with Crippen molar-refractivity contribution in [2.45, 2.75) is 80.1 Å². The van der Waals surface area contributed by atoms with E-state index >= 15 is 0 Å². The summed E-state index contributed by atoms with van der Waals surface area (Å²) >= 11 is 25.6. The van der Waals surface area contributed by atoms with Crippen LogP contribution >= 0.6 is 46.4 Å². The molecular formula is C78H68Cl4N6O4Zr. The van der Waals surface area contributed by atoms with Crippen LogP contribution in [0.5, 0.6) is 11.5 Å². The van der Waals surface area contributed by atoms with Gasteiger partial charge in [-0.25, -0.2) is 0 Å². The average Bonchev–Trinajstić information content (AvgIpc) is 1.62. The summed E-state index contributed by atoms with van der Waals surface area (Å²) in [4.78, 5) is 9.22. The molecule has 4 aromatic heterocycles. The minimum Gasteiger partial charge on any atom is -0.505 e. The number of hydrogen-bond donors (Lipinski definition) is 2. The van der Waals surface area contributed by atoms with Crippen LogP contribution < -0.4 is 0 Å². The van der Waals surface area contributed by atoms with Crippen molar-refractivity contribution in [3.8, 4) is 68.6 Å². The monoisotopic (exact) mass is 1380 g/mol. The minimum absolute atomic E-state index is 0. The van der Waals surface area contributed by atoms with Crippen LogP contribution in [-0.4, -0.2) is 39.6 Å². The number of rotatable bonds is 6. The van der Waals surface area contributed by atoms with E-state index in [4.69, 9.17) is 55.4 Å². The Morgan fingerprint density at radius 1 is 0.387 bits per heavy atom. The van der Waals surface area contributed by atoms with Crippen LogP contribution in [0.2, 0.25) is 20.1 Å². The minimum atomic E-state index is -0.220. The molecule has 0 atom stereocenters. The molecule has 14 aromatic rings. The molecule has 0 amide bonds. The Kier molecular flexibility index (Phi) is 20.0. The van der Waals surface area contributed by atoms with Crippen molar-refractivity contribution in [2.75, 3.05) is 0 Å². The van der Waals surface area contributed by atoms with Gasteiger partial charge < -0.3 is 28.4 Å². The van der Waals surface area contributed by atoms with Gasteiger partial charge >= 0.3 is 26.2 Å². The first kappa shape index (κ1) is 67.4. The smallest absolute Gasteiger partial charge is 0.505 e. The molecule has 10 aromatic carbocycles. The van der Waals surface area contributed by atoms with Crippen LogP contribution in [0.3, 0.4) is 0 Å². The number of aromatic nitrogens is 6. The van der Waals surface area contributed by atoms with Gasteiger partial charge in [0.25, 0.3) is 11.8 Å². The second-order valence-corrected chi connectivity index (χ2v) is 26.7. The van der Waals surface area contributed by atoms with Crippen molar-refractivity contribution in [3.05, 3.63) is 273 Å². The van der Waals surface area contributed by atoms with Crippen LogP contribution in [-0.2, 0) is 37.0 Å². The summed E-state index contributed by atoms with van der Waals surface area (Å²) in [6, 6.07) is 63.6. The van der Waals surface area contributed by atoms with Crippen molar-refractivity contribution < 1.29 is 45.5 Å². The molecule has 4 heterocycles. The molecule has 0 unspecified atom stereocenters. The summed E-state index contributed by atoms with van der Waals surface area (Å²) in [6.45, 7) is 28.6. The molecule has 466 valence electrons. The number of benzene rings is 10. The predicted octanol–water partition coefficient (Wildman–Crippen LogP) is 22.6. The molecular weight excluding hydrogens is 1320 g/mol. The van der Waals surface area contributed by atoms with Gasteiger partial charge in [-0.3, -0.25) is 0 Å². The van der Waals surface area contributed by atoms with Crippen LogP contribution in [0.1, 0.15) is 86.1 Å². The molecule has 2 N–H and O–H groups in total. The quantitative estimate of drug-likeness (QED) is 0.158. The van der Waals surface area contributed by atoms with Crippen molar-refractivity contribution in [2.24, 2.45) is 0 Å². The Morgan fingerprint density at radius 2 is 0.677 bits per heavy atom. The predicted molar refractivity (Wildman–Crippen MR) is 381 cm³/mol. The van der Waals surface area contributed by atoms with Crippen molar-refractivity contribution in [1.29, 1.82) is 0 Å². The number of aromatic hydroxyl groups is 2. The first-order valence-electron chi connectivity index (χ1n) is 29.9. The number of halogens is 4. The van der Waals surface area contributed by atoms with Crippen LogP contribution in [0.25, 0.3) is 101 Å². The SMILES string of the molecule is Cc1ccc2c(c1)c1cc(C)ccc1n2-c1cc(C(C)(C)C)cc(-c2noc(-c3c(Cl)cccc3Cl)n2)c1O.Cc1ccc2c(c1)c1cc(C)ccc1n2-c1cc(C(C)(C)C)cc(-c2noc(-c3c(Cl)cccc3Cl)n2)c1O.[CH2-]c1ccccc1.[CH2-]c1ccccc1.[Zr+2]. The zero-order valence-corrected chi connectivity index (χ0v) is 58.8. The fourth-order valence-corrected chi connectivity index (χ4v) is 12.2. The third-order valence-corrected chi connectivity index (χ3v) is 17.2. The normalized spacial score (nSPS) is 11.4. The number of phenols is 2. The molecule has 0 bridgehead atoms. The van der Waals surface area contributed by atoms with Crippen LogP contribution in [0, 0.1) is 41.5 Å². The fraction of sp³-hybridized carbons (Fsp3) is 0.154. The number of fused-ring (bicyclic) bond motifs is 6. The van der Waals surface area contributed by atoms with E-state index in [1.807, 2.05) is 84.9 Å². The van der Waals surface area contributed by atoms with E-state index in [2.05, 4.69) is 185 Å². The van der Waals surface area contributed by atoms with E-state index < -0.39 is 0 Å². The summed E-state index contributed by atoms with van der Waals surface area (Å²) in [5, 5.41) is 38.2. The zero-order chi connectivity index (χ0) is 65.5. The Hall–Kier alpha value is -8.54. The Morgan fingerprint density at radius 3 is 0.935 bits per heavy atom. The van der Waals surface area contributed by atoms with Gasteiger partial charge in [0.15, 0.2) is 11.5 Å². The molecule has 0 radical (unpaired) electrons. The van der Waals surface area contributed by atoms with E-state index in [-0.39, 0.29) is 72.0 Å². The van der Waals surface area contributed by atoms with Crippen molar-refractivity contribution in [3.63, 3.8) is 0 Å². The number of aryl methyl sites for hydroxylation is 4. The van der Waals surface area contributed by atoms with Gasteiger partial charge in [-0.2, -0.15) is 59.2 Å². The summed E-state index contributed by atoms with van der Waals surface area (Å²) in [5.41, 5.74) is 15.6. The molecule has 0 fully saturated rings. The van der Waals surface area contributed by atoms with E-state index in [9.17, 15) is 10.2 Å². The molecule has 93 heavy (non-hydrogen) atoms. The first-order valence-corrected chi connectivity index (χ1v) is 31.4. The van der Waals surface area contributed by atoms with E-state index in [0.717, 1.165) is 65.9 Å². The molecule has 0 saturated carbocycles. The van der Waals surface area contributed by atoms with Gasteiger partial charge in [-0.1, -0.05) is 169 Å². The third-order valence-electron chi connectivity index (χ3n) is 15.9. The maximum Gasteiger partial charge on any atom is 2.00 e. The Bertz CT molecular complexity index is 4580. The molecule has 0 saturated heterocycles. The average molecular weight is 1390 g/mol.